The number of piperidine rings is 1. The lowest BCUT2D eigenvalue weighted by atomic mass is 9.75. The van der Waals surface area contributed by atoms with Crippen molar-refractivity contribution in [2.75, 3.05) is 26.8 Å². The third kappa shape index (κ3) is 5.08. The molecule has 0 spiro atoms. The van der Waals surface area contributed by atoms with E-state index in [2.05, 4.69) is 54.7 Å². The minimum absolute atomic E-state index is 0.0901. The van der Waals surface area contributed by atoms with E-state index in [1.54, 1.807) is 7.11 Å². The summed E-state index contributed by atoms with van der Waals surface area (Å²) in [4.78, 5) is 0. The Morgan fingerprint density at radius 1 is 0.969 bits per heavy atom. The highest BCUT2D eigenvalue weighted by Gasteiger charge is 2.29. The van der Waals surface area contributed by atoms with Gasteiger partial charge < -0.3 is 10.1 Å². The predicted molar refractivity (Wildman–Crippen MR) is 126 cm³/mol. The van der Waals surface area contributed by atoms with Crippen LogP contribution >= 0.6 is 0 Å². The summed E-state index contributed by atoms with van der Waals surface area (Å²) in [7, 11) is 1.74. The number of methoxy groups -OCH3 is 1. The quantitative estimate of drug-likeness (QED) is 0.435. The molecule has 1 fully saturated rings. The van der Waals surface area contributed by atoms with Crippen molar-refractivity contribution in [2.24, 2.45) is 0 Å². The van der Waals surface area contributed by atoms with Gasteiger partial charge in [0, 0.05) is 32.2 Å². The van der Waals surface area contributed by atoms with Crippen LogP contribution in [-0.2, 0) is 11.2 Å². The summed E-state index contributed by atoms with van der Waals surface area (Å²) in [5, 5.41) is 3.47. The highest BCUT2D eigenvalue weighted by Crippen LogP contribution is 2.40. The Kier molecular flexibility index (Phi) is 7.33. The highest BCUT2D eigenvalue weighted by molar-refractivity contribution is 5.68. The van der Waals surface area contributed by atoms with Gasteiger partial charge in [-0.25, -0.2) is 8.78 Å². The largest absolute Gasteiger partial charge is 0.385 e. The van der Waals surface area contributed by atoms with Crippen molar-refractivity contribution in [1.29, 1.82) is 0 Å². The second-order valence-corrected chi connectivity index (χ2v) is 8.73. The van der Waals surface area contributed by atoms with Gasteiger partial charge in [-0.05, 0) is 84.2 Å². The van der Waals surface area contributed by atoms with Gasteiger partial charge in [0.15, 0.2) is 0 Å². The standard InChI is InChI=1S/C28H31F2NO/c1-19-14-21(26-8-4-3-6-20(26)7-5-13-32-2)9-10-25(19)28-18-31-12-11-27(28)22-15-23(29)17-24(30)16-22/h3-4,6,8-10,14-17,27-28,31H,5,7,11-13,18H2,1-2H3/t27-,28-/m1/s1. The van der Waals surface area contributed by atoms with Crippen LogP contribution in [0, 0.1) is 18.6 Å². The fourth-order valence-electron chi connectivity index (χ4n) is 5.06. The molecule has 1 heterocycles. The van der Waals surface area contributed by atoms with Gasteiger partial charge in [-0.2, -0.15) is 0 Å². The van der Waals surface area contributed by atoms with Gasteiger partial charge in [0.05, 0.1) is 0 Å². The number of aryl methyl sites for hydroxylation is 2. The first kappa shape index (κ1) is 22.6. The van der Waals surface area contributed by atoms with Gasteiger partial charge >= 0.3 is 0 Å². The van der Waals surface area contributed by atoms with Gasteiger partial charge in [-0.15, -0.1) is 0 Å². The Labute approximate surface area is 189 Å². The van der Waals surface area contributed by atoms with E-state index >= 15 is 0 Å². The van der Waals surface area contributed by atoms with Crippen molar-refractivity contribution in [3.63, 3.8) is 0 Å². The summed E-state index contributed by atoms with van der Waals surface area (Å²) in [5.41, 5.74) is 6.99. The molecule has 2 nitrogen and oxygen atoms in total. The summed E-state index contributed by atoms with van der Waals surface area (Å²) in [5.74, 6) is -0.743. The van der Waals surface area contributed by atoms with Crippen molar-refractivity contribution >= 4 is 0 Å². The molecule has 32 heavy (non-hydrogen) atoms. The number of rotatable bonds is 7. The number of hydrogen-bond acceptors (Lipinski definition) is 2. The lowest BCUT2D eigenvalue weighted by molar-refractivity contribution is 0.195. The SMILES string of the molecule is COCCCc1ccccc1-c1ccc([C@H]2CNCC[C@@H]2c2cc(F)cc(F)c2)c(C)c1. The van der Waals surface area contributed by atoms with Gasteiger partial charge in [0.2, 0.25) is 0 Å². The van der Waals surface area contributed by atoms with Gasteiger partial charge in [-0.3, -0.25) is 0 Å². The monoisotopic (exact) mass is 435 g/mol. The Bertz CT molecular complexity index is 1040. The zero-order chi connectivity index (χ0) is 22.5. The second-order valence-electron chi connectivity index (χ2n) is 8.73. The Morgan fingerprint density at radius 2 is 1.75 bits per heavy atom. The van der Waals surface area contributed by atoms with Gasteiger partial charge in [0.25, 0.3) is 0 Å². The normalized spacial score (nSPS) is 18.6. The summed E-state index contributed by atoms with van der Waals surface area (Å²) >= 11 is 0. The average Bonchev–Trinajstić information content (AvgIpc) is 2.79. The minimum Gasteiger partial charge on any atom is -0.385 e. The van der Waals surface area contributed by atoms with Crippen molar-refractivity contribution in [3.05, 3.63) is 94.6 Å². The van der Waals surface area contributed by atoms with E-state index in [4.69, 9.17) is 4.74 Å². The molecule has 168 valence electrons. The molecule has 4 rings (SSSR count). The number of halogens is 2. The predicted octanol–water partition coefficient (Wildman–Crippen LogP) is 6.38. The Hall–Kier alpha value is -2.56. The maximum atomic E-state index is 13.9. The molecule has 0 bridgehead atoms. The molecular weight excluding hydrogens is 404 g/mol. The Balaban J connectivity index is 1.64. The maximum Gasteiger partial charge on any atom is 0.126 e. The van der Waals surface area contributed by atoms with Crippen LogP contribution in [-0.4, -0.2) is 26.8 Å². The summed E-state index contributed by atoms with van der Waals surface area (Å²) < 4.78 is 33.1. The number of benzene rings is 3. The smallest absolute Gasteiger partial charge is 0.126 e. The van der Waals surface area contributed by atoms with Crippen molar-refractivity contribution in [1.82, 2.24) is 5.32 Å². The first-order chi connectivity index (χ1) is 15.6. The molecule has 0 unspecified atom stereocenters. The zero-order valence-corrected chi connectivity index (χ0v) is 18.8. The van der Waals surface area contributed by atoms with Crippen LogP contribution in [0.3, 0.4) is 0 Å². The Morgan fingerprint density at radius 3 is 2.50 bits per heavy atom. The lowest BCUT2D eigenvalue weighted by Gasteiger charge is -2.34. The molecule has 2 atom stereocenters. The van der Waals surface area contributed by atoms with E-state index in [0.717, 1.165) is 50.6 Å². The number of nitrogens with one attached hydrogen (secondary N) is 1. The molecule has 4 heteroatoms. The van der Waals surface area contributed by atoms with E-state index in [1.165, 1.54) is 39.9 Å². The van der Waals surface area contributed by atoms with Crippen LogP contribution in [0.1, 0.15) is 46.9 Å². The van der Waals surface area contributed by atoms with Crippen molar-refractivity contribution < 1.29 is 13.5 Å². The van der Waals surface area contributed by atoms with Crippen LogP contribution in [0.4, 0.5) is 8.78 Å². The molecule has 0 aromatic heterocycles. The average molecular weight is 436 g/mol. The number of ether oxygens (including phenoxy) is 1. The molecule has 0 amide bonds. The fourth-order valence-corrected chi connectivity index (χ4v) is 5.06. The van der Waals surface area contributed by atoms with Crippen LogP contribution in [0.2, 0.25) is 0 Å². The molecule has 3 aromatic carbocycles. The van der Waals surface area contributed by atoms with Crippen LogP contribution in [0.5, 0.6) is 0 Å². The summed E-state index contributed by atoms with van der Waals surface area (Å²) in [6.45, 7) is 4.55. The van der Waals surface area contributed by atoms with Crippen LogP contribution in [0.25, 0.3) is 11.1 Å². The van der Waals surface area contributed by atoms with E-state index < -0.39 is 11.6 Å². The molecule has 1 N–H and O–H groups in total. The fraction of sp³-hybridized carbons (Fsp3) is 0.357. The van der Waals surface area contributed by atoms with E-state index in [0.29, 0.717) is 0 Å². The molecule has 0 radical (unpaired) electrons. The van der Waals surface area contributed by atoms with E-state index in [9.17, 15) is 8.78 Å². The number of hydrogen-bond donors (Lipinski definition) is 1. The molecule has 0 saturated carbocycles. The first-order valence-corrected chi connectivity index (χ1v) is 11.4. The van der Waals surface area contributed by atoms with E-state index in [1.807, 2.05) is 0 Å². The van der Waals surface area contributed by atoms with E-state index in [-0.39, 0.29) is 11.8 Å². The van der Waals surface area contributed by atoms with Crippen molar-refractivity contribution in [3.8, 4) is 11.1 Å². The topological polar surface area (TPSA) is 21.3 Å². The zero-order valence-electron chi connectivity index (χ0n) is 18.8. The third-order valence-electron chi connectivity index (χ3n) is 6.59. The molecule has 1 aliphatic heterocycles. The maximum absolute atomic E-state index is 13.9. The molecule has 1 aliphatic rings. The van der Waals surface area contributed by atoms with Gasteiger partial charge in [0.1, 0.15) is 11.6 Å². The van der Waals surface area contributed by atoms with Crippen LogP contribution in [0.15, 0.2) is 60.7 Å². The molecule has 3 aromatic rings. The minimum atomic E-state index is -0.505. The molecule has 1 saturated heterocycles. The first-order valence-electron chi connectivity index (χ1n) is 11.4. The van der Waals surface area contributed by atoms with Gasteiger partial charge in [-0.1, -0.05) is 42.5 Å². The highest BCUT2D eigenvalue weighted by atomic mass is 19.1. The van der Waals surface area contributed by atoms with Crippen molar-refractivity contribution in [2.45, 2.75) is 38.0 Å². The second kappa shape index (κ2) is 10.4. The summed E-state index contributed by atoms with van der Waals surface area (Å²) in [6.07, 6.45) is 2.83. The lowest BCUT2D eigenvalue weighted by Crippen LogP contribution is -2.34. The molecule has 0 aliphatic carbocycles. The summed E-state index contributed by atoms with van der Waals surface area (Å²) in [6, 6.07) is 19.1. The third-order valence-corrected chi connectivity index (χ3v) is 6.59. The molecular formula is C28H31F2NO. The van der Waals surface area contributed by atoms with Crippen LogP contribution < -0.4 is 5.32 Å².